The number of benzene rings is 2. The summed E-state index contributed by atoms with van der Waals surface area (Å²) in [5, 5.41) is 5.73. The molecule has 1 atom stereocenters. The Kier molecular flexibility index (Phi) is 5.40. The largest absolute Gasteiger partial charge is 0.471 e. The first kappa shape index (κ1) is 20.5. The summed E-state index contributed by atoms with van der Waals surface area (Å²) in [7, 11) is 1.43. The van der Waals surface area contributed by atoms with Crippen molar-refractivity contribution in [2.45, 2.75) is 12.5 Å². The van der Waals surface area contributed by atoms with E-state index in [4.69, 9.17) is 4.74 Å². The minimum atomic E-state index is -5.09. The Morgan fingerprint density at radius 2 is 2.00 bits per heavy atom. The van der Waals surface area contributed by atoms with Crippen LogP contribution in [0.25, 0.3) is 22.0 Å². The highest BCUT2D eigenvalue weighted by Gasteiger charge is 2.39. The number of amides is 1. The molecule has 1 amide bonds. The summed E-state index contributed by atoms with van der Waals surface area (Å²) in [6, 6.07) is 7.96. The Bertz CT molecular complexity index is 1060. The third kappa shape index (κ3) is 4.13. The number of para-hydroxylation sites is 1. The lowest BCUT2D eigenvalue weighted by Crippen LogP contribution is -2.30. The fourth-order valence-electron chi connectivity index (χ4n) is 2.71. The van der Waals surface area contributed by atoms with Crippen LogP contribution in [0.3, 0.4) is 0 Å². The molecule has 0 spiro atoms. The van der Waals surface area contributed by atoms with Crippen LogP contribution in [0.1, 0.15) is 0 Å². The van der Waals surface area contributed by atoms with Gasteiger partial charge in [0.25, 0.3) is 6.36 Å². The number of halogens is 6. The van der Waals surface area contributed by atoms with Gasteiger partial charge in [0.1, 0.15) is 0 Å². The van der Waals surface area contributed by atoms with Crippen LogP contribution in [0.15, 0.2) is 36.4 Å². The summed E-state index contributed by atoms with van der Waals surface area (Å²) in [6.45, 7) is -1.48. The Morgan fingerprint density at radius 3 is 2.66 bits per heavy atom. The number of anilines is 1. The summed E-state index contributed by atoms with van der Waals surface area (Å²) in [6.07, 6.45) is -7.45. The maximum Gasteiger partial charge on any atom is 0.471 e. The first-order valence-electron chi connectivity index (χ1n) is 8.12. The molecule has 29 heavy (non-hydrogen) atoms. The topological polar surface area (TPSA) is 56.2 Å². The summed E-state index contributed by atoms with van der Waals surface area (Å²) in [5.41, 5.74) is 0.720. The van der Waals surface area contributed by atoms with E-state index in [0.717, 1.165) is 6.07 Å². The van der Waals surface area contributed by atoms with Crippen LogP contribution in [-0.4, -0.2) is 34.9 Å². The van der Waals surface area contributed by atoms with Gasteiger partial charge in [0.15, 0.2) is 24.1 Å². The number of aromatic nitrogens is 2. The quantitative estimate of drug-likeness (QED) is 0.621. The zero-order valence-electron chi connectivity index (χ0n) is 14.7. The van der Waals surface area contributed by atoms with E-state index in [1.807, 2.05) is 0 Å². The molecule has 0 aliphatic heterocycles. The second-order valence-corrected chi connectivity index (χ2v) is 5.95. The van der Waals surface area contributed by atoms with Crippen molar-refractivity contribution in [1.29, 1.82) is 0 Å². The monoisotopic (exact) mass is 417 g/mol. The fraction of sp³-hybridized carbons (Fsp3) is 0.222. The van der Waals surface area contributed by atoms with Gasteiger partial charge in [-0.05, 0) is 23.8 Å². The molecular weight excluding hydrogens is 404 g/mol. The van der Waals surface area contributed by atoms with E-state index >= 15 is 0 Å². The normalized spacial score (nSPS) is 12.8. The van der Waals surface area contributed by atoms with Crippen molar-refractivity contribution in [2.24, 2.45) is 7.05 Å². The molecule has 0 saturated heterocycles. The lowest BCUT2D eigenvalue weighted by Gasteiger charge is -2.14. The highest BCUT2D eigenvalue weighted by molar-refractivity contribution is 6.02. The van der Waals surface area contributed by atoms with Gasteiger partial charge in [-0.1, -0.05) is 18.2 Å². The molecule has 0 aliphatic rings. The third-order valence-corrected chi connectivity index (χ3v) is 3.99. The van der Waals surface area contributed by atoms with Crippen molar-refractivity contribution in [1.82, 2.24) is 9.78 Å². The molecule has 0 aliphatic carbocycles. The molecule has 1 heterocycles. The molecular formula is C18H13F6N3O2. The van der Waals surface area contributed by atoms with Crippen LogP contribution in [0.2, 0.25) is 0 Å². The zero-order chi connectivity index (χ0) is 21.3. The number of aryl methyl sites for hydroxylation is 1. The number of hydrogen-bond donors (Lipinski definition) is 1. The van der Waals surface area contributed by atoms with Crippen molar-refractivity contribution < 1.29 is 35.9 Å². The number of rotatable bonds is 5. The number of carbonyl (C=O) groups is 1. The number of alkyl halides is 5. The molecule has 11 heteroatoms. The molecule has 154 valence electrons. The van der Waals surface area contributed by atoms with Gasteiger partial charge in [-0.15, -0.1) is 0 Å². The van der Waals surface area contributed by atoms with Gasteiger partial charge in [-0.2, -0.15) is 22.7 Å². The van der Waals surface area contributed by atoms with Gasteiger partial charge in [0, 0.05) is 18.0 Å². The number of fused-ring (bicyclic) bond motifs is 1. The third-order valence-electron chi connectivity index (χ3n) is 3.99. The summed E-state index contributed by atoms with van der Waals surface area (Å²) in [5.74, 6) is -3.91. The lowest BCUT2D eigenvalue weighted by molar-refractivity contribution is -0.167. The minimum absolute atomic E-state index is 0.102. The lowest BCUT2D eigenvalue weighted by atomic mass is 10.0. The van der Waals surface area contributed by atoms with E-state index in [9.17, 15) is 31.1 Å². The second kappa shape index (κ2) is 7.64. The van der Waals surface area contributed by atoms with Crippen molar-refractivity contribution in [3.63, 3.8) is 0 Å². The standard InChI is InChI=1S/C18H13F6N3O2/c1-27-13-7-9(10-3-2-4-12(20)15(10)29-14(21)8-19)5-6-11(13)16(26-27)25-17(28)18(22,23)24/h2-7,14H,8H2,1H3,(H,25,26,28). The second-order valence-electron chi connectivity index (χ2n) is 5.95. The van der Waals surface area contributed by atoms with E-state index in [-0.39, 0.29) is 16.8 Å². The Balaban J connectivity index is 2.05. The van der Waals surface area contributed by atoms with Gasteiger partial charge in [-0.3, -0.25) is 9.48 Å². The molecule has 0 radical (unpaired) electrons. The van der Waals surface area contributed by atoms with Crippen LogP contribution >= 0.6 is 0 Å². The Hall–Kier alpha value is -3.24. The smallest absolute Gasteiger partial charge is 0.454 e. The van der Waals surface area contributed by atoms with Crippen LogP contribution < -0.4 is 10.1 Å². The molecule has 1 unspecified atom stereocenters. The Labute approximate surface area is 159 Å². The van der Waals surface area contributed by atoms with Gasteiger partial charge in [0.2, 0.25) is 0 Å². The van der Waals surface area contributed by atoms with Gasteiger partial charge in [-0.25, -0.2) is 8.78 Å². The molecule has 3 aromatic rings. The Morgan fingerprint density at radius 1 is 1.28 bits per heavy atom. The first-order valence-corrected chi connectivity index (χ1v) is 8.12. The first-order chi connectivity index (χ1) is 13.6. The SMILES string of the molecule is Cn1nc(NC(=O)C(F)(F)F)c2ccc(-c3cccc(F)c3OC(F)CF)cc21. The number of carbonyl (C=O) groups excluding carboxylic acids is 1. The molecule has 1 N–H and O–H groups in total. The predicted octanol–water partition coefficient (Wildman–Crippen LogP) is 4.52. The molecule has 5 nitrogen and oxygen atoms in total. The van der Waals surface area contributed by atoms with Crippen LogP contribution in [0.4, 0.5) is 32.2 Å². The van der Waals surface area contributed by atoms with Crippen molar-refractivity contribution in [3.8, 4) is 16.9 Å². The van der Waals surface area contributed by atoms with E-state index < -0.39 is 36.7 Å². The summed E-state index contributed by atoms with van der Waals surface area (Å²) in [4.78, 5) is 11.2. The maximum atomic E-state index is 14.1. The van der Waals surface area contributed by atoms with Gasteiger partial charge >= 0.3 is 12.1 Å². The molecule has 0 bridgehead atoms. The predicted molar refractivity (Wildman–Crippen MR) is 92.3 cm³/mol. The van der Waals surface area contributed by atoms with Gasteiger partial charge in [0.05, 0.1) is 5.52 Å². The highest BCUT2D eigenvalue weighted by atomic mass is 19.4. The summed E-state index contributed by atoms with van der Waals surface area (Å²) >= 11 is 0. The highest BCUT2D eigenvalue weighted by Crippen LogP contribution is 2.36. The van der Waals surface area contributed by atoms with Crippen molar-refractivity contribution in [3.05, 3.63) is 42.2 Å². The van der Waals surface area contributed by atoms with E-state index in [1.54, 1.807) is 5.32 Å². The maximum absolute atomic E-state index is 14.1. The van der Waals surface area contributed by atoms with E-state index in [0.29, 0.717) is 11.1 Å². The number of ether oxygens (including phenoxy) is 1. The van der Waals surface area contributed by atoms with Crippen molar-refractivity contribution in [2.75, 3.05) is 12.0 Å². The number of nitrogens with one attached hydrogen (secondary N) is 1. The fourth-order valence-corrected chi connectivity index (χ4v) is 2.71. The number of hydrogen-bond acceptors (Lipinski definition) is 3. The summed E-state index contributed by atoms with van der Waals surface area (Å²) < 4.78 is 83.2. The van der Waals surface area contributed by atoms with Gasteiger partial charge < -0.3 is 10.1 Å². The molecule has 2 aromatic carbocycles. The number of nitrogens with zero attached hydrogens (tertiary/aromatic N) is 2. The molecule has 1 aromatic heterocycles. The minimum Gasteiger partial charge on any atom is -0.454 e. The van der Waals surface area contributed by atoms with Crippen LogP contribution in [-0.2, 0) is 11.8 Å². The van der Waals surface area contributed by atoms with Crippen LogP contribution in [0, 0.1) is 5.82 Å². The molecule has 3 rings (SSSR count). The average molecular weight is 417 g/mol. The van der Waals surface area contributed by atoms with E-state index in [2.05, 4.69) is 5.10 Å². The van der Waals surface area contributed by atoms with Crippen molar-refractivity contribution >= 4 is 22.6 Å². The zero-order valence-corrected chi connectivity index (χ0v) is 14.7. The van der Waals surface area contributed by atoms with Crippen LogP contribution in [0.5, 0.6) is 5.75 Å². The molecule has 0 saturated carbocycles. The molecule has 0 fully saturated rings. The van der Waals surface area contributed by atoms with E-state index in [1.165, 1.54) is 42.1 Å². The average Bonchev–Trinajstić information content (AvgIpc) is 2.97.